The van der Waals surface area contributed by atoms with Crippen LogP contribution < -0.4 is 21.4 Å². The maximum absolute atomic E-state index is 13.6. The van der Waals surface area contributed by atoms with E-state index in [0.717, 1.165) is 29.2 Å². The van der Waals surface area contributed by atoms with Gasteiger partial charge in [0.15, 0.2) is 0 Å². The molecule has 1 heterocycles. The van der Waals surface area contributed by atoms with Crippen LogP contribution >= 0.6 is 0 Å². The van der Waals surface area contributed by atoms with Crippen LogP contribution in [0.3, 0.4) is 0 Å². The van der Waals surface area contributed by atoms with Gasteiger partial charge in [0.25, 0.3) is 5.91 Å². The number of ether oxygens (including phenoxy) is 1. The molecule has 0 bridgehead atoms. The van der Waals surface area contributed by atoms with E-state index < -0.39 is 29.9 Å². The van der Waals surface area contributed by atoms with Crippen LogP contribution in [0.15, 0.2) is 42.5 Å². The highest BCUT2D eigenvalue weighted by Crippen LogP contribution is 2.15. The van der Waals surface area contributed by atoms with Gasteiger partial charge in [0.1, 0.15) is 19.5 Å². The lowest BCUT2D eigenvalue weighted by molar-refractivity contribution is -0.128. The summed E-state index contributed by atoms with van der Waals surface area (Å²) in [6, 6.07) is 10.7. The number of halogens is 2. The lowest BCUT2D eigenvalue weighted by atomic mass is 9.93. The molecule has 3 rings (SSSR count). The Morgan fingerprint density at radius 2 is 1.71 bits per heavy atom. The van der Waals surface area contributed by atoms with Crippen molar-refractivity contribution in [2.45, 2.75) is 50.7 Å². The van der Waals surface area contributed by atoms with Crippen molar-refractivity contribution in [3.8, 4) is 0 Å². The Kier molecular flexibility index (Phi) is 9.63. The number of alkyl carbamates (subject to hydrolysis) is 1. The maximum atomic E-state index is 13.6. The first-order valence-electron chi connectivity index (χ1n) is 11.8. The van der Waals surface area contributed by atoms with E-state index in [2.05, 4.69) is 16.0 Å². The predicted molar refractivity (Wildman–Crippen MR) is 130 cm³/mol. The van der Waals surface area contributed by atoms with Gasteiger partial charge in [-0.25, -0.2) is 13.6 Å². The number of benzene rings is 2. The van der Waals surface area contributed by atoms with Crippen LogP contribution in [0.25, 0.3) is 0 Å². The summed E-state index contributed by atoms with van der Waals surface area (Å²) in [5.74, 6) is -1.48. The Hall–Kier alpha value is -3.43. The van der Waals surface area contributed by atoms with Gasteiger partial charge in [-0.1, -0.05) is 29.7 Å². The zero-order chi connectivity index (χ0) is 25.2. The molecule has 0 unspecified atom stereocenters. The number of amides is 3. The van der Waals surface area contributed by atoms with E-state index in [1.54, 1.807) is 0 Å². The largest absolute Gasteiger partial charge is 0.434 e. The van der Waals surface area contributed by atoms with Crippen LogP contribution in [-0.4, -0.2) is 51.0 Å². The van der Waals surface area contributed by atoms with E-state index in [4.69, 9.17) is 4.74 Å². The minimum Gasteiger partial charge on any atom is -0.434 e. The molecular formula is C25H30BF2N3O4. The number of carbonyl (C=O) groups is 3. The molecule has 186 valence electrons. The van der Waals surface area contributed by atoms with E-state index in [0.29, 0.717) is 38.8 Å². The second-order valence-corrected chi connectivity index (χ2v) is 8.70. The second kappa shape index (κ2) is 12.9. The zero-order valence-corrected chi connectivity index (χ0v) is 19.7. The normalized spacial score (nSPS) is 16.9. The van der Waals surface area contributed by atoms with Gasteiger partial charge in [-0.05, 0) is 61.4 Å². The molecule has 10 heteroatoms. The van der Waals surface area contributed by atoms with Gasteiger partial charge in [0.2, 0.25) is 12.0 Å². The minimum absolute atomic E-state index is 0.159. The van der Waals surface area contributed by atoms with Crippen molar-refractivity contribution in [1.29, 1.82) is 0 Å². The van der Waals surface area contributed by atoms with Gasteiger partial charge in [0, 0.05) is 19.5 Å². The summed E-state index contributed by atoms with van der Waals surface area (Å²) in [6.07, 6.45) is 1.19. The minimum atomic E-state index is -0.897. The Bertz CT molecular complexity index is 1040. The van der Waals surface area contributed by atoms with Crippen molar-refractivity contribution in [3.63, 3.8) is 0 Å². The highest BCUT2D eigenvalue weighted by molar-refractivity contribution is 6.32. The Morgan fingerprint density at radius 3 is 2.46 bits per heavy atom. The maximum Gasteiger partial charge on any atom is 0.408 e. The summed E-state index contributed by atoms with van der Waals surface area (Å²) >= 11 is 0. The smallest absolute Gasteiger partial charge is 0.408 e. The molecule has 1 fully saturated rings. The van der Waals surface area contributed by atoms with Crippen LogP contribution in [0.1, 0.15) is 36.8 Å². The van der Waals surface area contributed by atoms with Crippen molar-refractivity contribution in [3.05, 3.63) is 65.2 Å². The van der Waals surface area contributed by atoms with Crippen molar-refractivity contribution < 1.29 is 27.9 Å². The van der Waals surface area contributed by atoms with Gasteiger partial charge in [-0.15, -0.1) is 0 Å². The number of hydrogen-bond donors (Lipinski definition) is 3. The SMILES string of the molecule is Bc1ccc(C[C@H]2NC(=O)O[C@@H]2C(=O)NCCCCNC(=O)CCCc2cc(F)ccc2F)cc1. The third-order valence-corrected chi connectivity index (χ3v) is 5.82. The number of nitrogens with one attached hydrogen (secondary N) is 3. The van der Waals surface area contributed by atoms with Gasteiger partial charge in [-0.3, -0.25) is 9.59 Å². The third kappa shape index (κ3) is 8.38. The summed E-state index contributed by atoms with van der Waals surface area (Å²) in [6.45, 7) is 0.831. The van der Waals surface area contributed by atoms with E-state index in [9.17, 15) is 23.2 Å². The van der Waals surface area contributed by atoms with Crippen molar-refractivity contribution >= 4 is 31.2 Å². The fraction of sp³-hybridized carbons (Fsp3) is 0.400. The molecule has 0 radical (unpaired) electrons. The third-order valence-electron chi connectivity index (χ3n) is 5.82. The first-order valence-corrected chi connectivity index (χ1v) is 11.8. The summed E-state index contributed by atoms with van der Waals surface area (Å²) in [5.41, 5.74) is 2.39. The fourth-order valence-corrected chi connectivity index (χ4v) is 3.88. The molecular weight excluding hydrogens is 455 g/mol. The molecule has 7 nitrogen and oxygen atoms in total. The number of carbonyl (C=O) groups excluding carboxylic acids is 3. The van der Waals surface area contributed by atoms with Gasteiger partial charge in [-0.2, -0.15) is 0 Å². The number of hydrogen-bond acceptors (Lipinski definition) is 4. The second-order valence-electron chi connectivity index (χ2n) is 8.70. The van der Waals surface area contributed by atoms with Gasteiger partial charge < -0.3 is 20.7 Å². The van der Waals surface area contributed by atoms with Gasteiger partial charge >= 0.3 is 6.09 Å². The Balaban J connectivity index is 1.29. The number of unbranched alkanes of at least 4 members (excludes halogenated alkanes) is 1. The first-order chi connectivity index (χ1) is 16.8. The standard InChI is InChI=1S/C25H30BF2N3O4/c26-18-8-6-16(7-9-18)14-21-23(35-25(34)31-21)24(33)30-13-2-1-12-29-22(32)5-3-4-17-15-19(27)10-11-20(17)28/h6-11,15,21,23H,1-5,12-14,26H2,(H,29,32)(H,30,33)(H,31,34)/t21-,23+/m1/s1. The highest BCUT2D eigenvalue weighted by atomic mass is 19.1. The number of cyclic esters (lactones) is 1. The highest BCUT2D eigenvalue weighted by Gasteiger charge is 2.39. The average molecular weight is 485 g/mol. The molecule has 2 atom stereocenters. The summed E-state index contributed by atoms with van der Waals surface area (Å²) in [5, 5.41) is 8.26. The summed E-state index contributed by atoms with van der Waals surface area (Å²) < 4.78 is 31.9. The lowest BCUT2D eigenvalue weighted by Crippen LogP contribution is -2.44. The van der Waals surface area contributed by atoms with Crippen molar-refractivity contribution in [2.24, 2.45) is 0 Å². The van der Waals surface area contributed by atoms with Gasteiger partial charge in [0.05, 0.1) is 6.04 Å². The first kappa shape index (κ1) is 26.2. The molecule has 35 heavy (non-hydrogen) atoms. The Labute approximate surface area is 204 Å². The predicted octanol–water partition coefficient (Wildman–Crippen LogP) is 1.28. The van der Waals surface area contributed by atoms with Crippen molar-refractivity contribution in [2.75, 3.05) is 13.1 Å². The van der Waals surface area contributed by atoms with E-state index >= 15 is 0 Å². The van der Waals surface area contributed by atoms with Crippen LogP contribution in [0.2, 0.25) is 0 Å². The molecule has 3 amide bonds. The van der Waals surface area contributed by atoms with E-state index in [1.165, 1.54) is 0 Å². The number of rotatable bonds is 12. The molecule has 0 aromatic heterocycles. The Morgan fingerprint density at radius 1 is 1.00 bits per heavy atom. The van der Waals surface area contributed by atoms with Crippen LogP contribution in [0, 0.1) is 11.6 Å². The molecule has 1 saturated heterocycles. The average Bonchev–Trinajstić information content (AvgIpc) is 3.19. The van der Waals surface area contributed by atoms with Crippen LogP contribution in [0.4, 0.5) is 13.6 Å². The lowest BCUT2D eigenvalue weighted by Gasteiger charge is -2.17. The fourth-order valence-electron chi connectivity index (χ4n) is 3.88. The summed E-state index contributed by atoms with van der Waals surface area (Å²) in [7, 11) is 1.99. The molecule has 2 aromatic rings. The zero-order valence-electron chi connectivity index (χ0n) is 19.7. The quantitative estimate of drug-likeness (QED) is 0.312. The summed E-state index contributed by atoms with van der Waals surface area (Å²) in [4.78, 5) is 36.1. The molecule has 3 N–H and O–H groups in total. The van der Waals surface area contributed by atoms with Crippen molar-refractivity contribution in [1.82, 2.24) is 16.0 Å². The molecule has 1 aliphatic heterocycles. The van der Waals surface area contributed by atoms with E-state index in [1.807, 2.05) is 32.1 Å². The molecule has 1 aliphatic rings. The topological polar surface area (TPSA) is 96.5 Å². The van der Waals surface area contributed by atoms with Crippen LogP contribution in [0.5, 0.6) is 0 Å². The monoisotopic (exact) mass is 485 g/mol. The number of aryl methyl sites for hydroxylation is 1. The molecule has 0 spiro atoms. The molecule has 0 aliphatic carbocycles. The van der Waals surface area contributed by atoms with E-state index in [-0.39, 0.29) is 30.2 Å². The van der Waals surface area contributed by atoms with Crippen LogP contribution in [-0.2, 0) is 27.2 Å². The molecule has 2 aromatic carbocycles. The molecule has 0 saturated carbocycles.